The van der Waals surface area contributed by atoms with Crippen molar-refractivity contribution in [1.82, 2.24) is 24.2 Å². The van der Waals surface area contributed by atoms with E-state index in [1.807, 2.05) is 18.5 Å². The molecule has 3 aromatic heterocycles. The quantitative estimate of drug-likeness (QED) is 0.731. The number of rotatable bonds is 4. The van der Waals surface area contributed by atoms with Crippen LogP contribution in [-0.2, 0) is 13.1 Å². The molecule has 0 N–H and O–H groups in total. The van der Waals surface area contributed by atoms with Crippen LogP contribution < -0.4 is 0 Å². The Labute approximate surface area is 146 Å². The fourth-order valence-electron chi connectivity index (χ4n) is 3.37. The number of imidazole rings is 1. The third-order valence-electron chi connectivity index (χ3n) is 4.71. The number of hydrogen-bond donors (Lipinski definition) is 0. The first-order valence-electron chi connectivity index (χ1n) is 8.46. The Kier molecular flexibility index (Phi) is 4.35. The van der Waals surface area contributed by atoms with Crippen molar-refractivity contribution in [1.29, 1.82) is 0 Å². The largest absolute Gasteiger partial charge is 0.296 e. The van der Waals surface area contributed by atoms with Crippen molar-refractivity contribution >= 4 is 16.3 Å². The predicted molar refractivity (Wildman–Crippen MR) is 97.3 cm³/mol. The molecule has 4 rings (SSSR count). The molecule has 3 aromatic rings. The Balaban J connectivity index is 1.38. The summed E-state index contributed by atoms with van der Waals surface area (Å²) in [5, 5.41) is 0. The topological polar surface area (TPSA) is 36.7 Å². The second kappa shape index (κ2) is 6.63. The Hall–Kier alpha value is -1.76. The Morgan fingerprint density at radius 3 is 2.54 bits per heavy atom. The number of piperazine rings is 1. The van der Waals surface area contributed by atoms with E-state index in [-0.39, 0.29) is 0 Å². The molecule has 6 heteroatoms. The highest BCUT2D eigenvalue weighted by Crippen LogP contribution is 2.22. The van der Waals surface area contributed by atoms with Gasteiger partial charge in [0.15, 0.2) is 4.96 Å². The molecular weight excluding hydrogens is 318 g/mol. The summed E-state index contributed by atoms with van der Waals surface area (Å²) in [5.41, 5.74) is 3.81. The average molecular weight is 341 g/mol. The third kappa shape index (κ3) is 3.22. The van der Waals surface area contributed by atoms with Gasteiger partial charge in [-0.2, -0.15) is 0 Å². The second-order valence-electron chi connectivity index (χ2n) is 6.55. The fourth-order valence-corrected chi connectivity index (χ4v) is 4.26. The van der Waals surface area contributed by atoms with Crippen molar-refractivity contribution in [3.63, 3.8) is 0 Å². The van der Waals surface area contributed by atoms with Gasteiger partial charge in [0.2, 0.25) is 0 Å². The number of aryl methyl sites for hydroxylation is 2. The van der Waals surface area contributed by atoms with Gasteiger partial charge in [-0.3, -0.25) is 19.2 Å². The first-order chi connectivity index (χ1) is 11.7. The number of thiazole rings is 1. The molecule has 5 nitrogen and oxygen atoms in total. The van der Waals surface area contributed by atoms with Crippen LogP contribution in [0.15, 0.2) is 30.7 Å². The van der Waals surface area contributed by atoms with Gasteiger partial charge in [0.1, 0.15) is 0 Å². The van der Waals surface area contributed by atoms with E-state index in [1.165, 1.54) is 21.8 Å². The van der Waals surface area contributed by atoms with Crippen LogP contribution >= 0.6 is 11.3 Å². The second-order valence-corrected chi connectivity index (χ2v) is 7.77. The summed E-state index contributed by atoms with van der Waals surface area (Å²) >= 11 is 1.77. The Morgan fingerprint density at radius 2 is 1.83 bits per heavy atom. The van der Waals surface area contributed by atoms with E-state index in [1.54, 1.807) is 11.3 Å². The highest BCUT2D eigenvalue weighted by molar-refractivity contribution is 7.17. The standard InChI is InChI=1S/C18H23N5S/c1-14-11-23-17(15(2)20-18(23)24-14)13-22-8-6-21(7-9-22)12-16-4-3-5-19-10-16/h3-5,10-11H,6-9,12-13H2,1-2H3. The van der Waals surface area contributed by atoms with Gasteiger partial charge < -0.3 is 0 Å². The van der Waals surface area contributed by atoms with Crippen molar-refractivity contribution in [3.05, 3.63) is 52.6 Å². The fraction of sp³-hybridized carbons (Fsp3) is 0.444. The van der Waals surface area contributed by atoms with Crippen molar-refractivity contribution in [3.8, 4) is 0 Å². The molecule has 0 aliphatic carbocycles. The lowest BCUT2D eigenvalue weighted by atomic mass is 10.2. The Bertz CT molecular complexity index is 815. The maximum absolute atomic E-state index is 4.71. The van der Waals surface area contributed by atoms with Crippen LogP contribution in [0.5, 0.6) is 0 Å². The first kappa shape index (κ1) is 15.7. The summed E-state index contributed by atoms with van der Waals surface area (Å²) in [6, 6.07) is 4.17. The van der Waals surface area contributed by atoms with E-state index in [9.17, 15) is 0 Å². The van der Waals surface area contributed by atoms with Gasteiger partial charge >= 0.3 is 0 Å². The van der Waals surface area contributed by atoms with Gasteiger partial charge in [0.05, 0.1) is 11.4 Å². The normalized spacial score (nSPS) is 16.9. The van der Waals surface area contributed by atoms with E-state index >= 15 is 0 Å². The van der Waals surface area contributed by atoms with Crippen LogP contribution in [0.25, 0.3) is 4.96 Å². The molecule has 0 saturated carbocycles. The van der Waals surface area contributed by atoms with Gasteiger partial charge in [0.25, 0.3) is 0 Å². The number of fused-ring (bicyclic) bond motifs is 1. The molecule has 1 aliphatic heterocycles. The zero-order valence-corrected chi connectivity index (χ0v) is 15.1. The van der Waals surface area contributed by atoms with Crippen LogP contribution in [0.2, 0.25) is 0 Å². The molecule has 0 spiro atoms. The molecule has 1 aliphatic rings. The number of pyridine rings is 1. The zero-order valence-electron chi connectivity index (χ0n) is 14.3. The van der Waals surface area contributed by atoms with E-state index in [4.69, 9.17) is 4.98 Å². The first-order valence-corrected chi connectivity index (χ1v) is 9.28. The number of hydrogen-bond acceptors (Lipinski definition) is 5. The molecule has 126 valence electrons. The summed E-state index contributed by atoms with van der Waals surface area (Å²) in [6.07, 6.45) is 6.02. The molecule has 1 fully saturated rings. The highest BCUT2D eigenvalue weighted by Gasteiger charge is 2.20. The van der Waals surface area contributed by atoms with Crippen molar-refractivity contribution in [2.45, 2.75) is 26.9 Å². The van der Waals surface area contributed by atoms with Crippen molar-refractivity contribution in [2.24, 2.45) is 0 Å². The van der Waals surface area contributed by atoms with E-state index < -0.39 is 0 Å². The molecule has 0 amide bonds. The summed E-state index contributed by atoms with van der Waals surface area (Å²) < 4.78 is 2.28. The van der Waals surface area contributed by atoms with Crippen LogP contribution in [-0.4, -0.2) is 50.3 Å². The number of aromatic nitrogens is 3. The molecule has 0 bridgehead atoms. The summed E-state index contributed by atoms with van der Waals surface area (Å²) in [7, 11) is 0. The molecule has 24 heavy (non-hydrogen) atoms. The zero-order chi connectivity index (χ0) is 16.5. The van der Waals surface area contributed by atoms with Gasteiger partial charge in [-0.05, 0) is 25.5 Å². The van der Waals surface area contributed by atoms with Crippen LogP contribution in [0, 0.1) is 13.8 Å². The van der Waals surface area contributed by atoms with Gasteiger partial charge in [-0.25, -0.2) is 4.98 Å². The van der Waals surface area contributed by atoms with Crippen LogP contribution in [0.1, 0.15) is 21.8 Å². The van der Waals surface area contributed by atoms with Crippen molar-refractivity contribution < 1.29 is 0 Å². The molecule has 1 saturated heterocycles. The monoisotopic (exact) mass is 341 g/mol. The lowest BCUT2D eigenvalue weighted by Gasteiger charge is -2.34. The molecular formula is C18H23N5S. The highest BCUT2D eigenvalue weighted by atomic mass is 32.1. The molecule has 0 unspecified atom stereocenters. The SMILES string of the molecule is Cc1cn2c(CN3CCN(Cc4cccnc4)CC3)c(C)nc2s1. The minimum absolute atomic E-state index is 0.990. The number of nitrogens with zero attached hydrogens (tertiary/aromatic N) is 5. The smallest absolute Gasteiger partial charge is 0.194 e. The van der Waals surface area contributed by atoms with E-state index in [0.717, 1.165) is 44.2 Å². The van der Waals surface area contributed by atoms with Gasteiger partial charge in [-0.1, -0.05) is 6.07 Å². The molecule has 4 heterocycles. The average Bonchev–Trinajstić information content (AvgIpc) is 3.07. The minimum atomic E-state index is 0.990. The molecule has 0 aromatic carbocycles. The maximum atomic E-state index is 4.71. The summed E-state index contributed by atoms with van der Waals surface area (Å²) in [6.45, 7) is 10.7. The Morgan fingerprint density at radius 1 is 1.08 bits per heavy atom. The van der Waals surface area contributed by atoms with Crippen molar-refractivity contribution in [2.75, 3.05) is 26.2 Å². The molecule has 0 atom stereocenters. The summed E-state index contributed by atoms with van der Waals surface area (Å²) in [5.74, 6) is 0. The summed E-state index contributed by atoms with van der Waals surface area (Å²) in [4.78, 5) is 16.4. The molecule has 0 radical (unpaired) electrons. The van der Waals surface area contributed by atoms with Gasteiger partial charge in [-0.15, -0.1) is 11.3 Å². The third-order valence-corrected chi connectivity index (χ3v) is 5.61. The predicted octanol–water partition coefficient (Wildman–Crippen LogP) is 2.73. The van der Waals surface area contributed by atoms with Crippen LogP contribution in [0.3, 0.4) is 0 Å². The minimum Gasteiger partial charge on any atom is -0.296 e. The van der Waals surface area contributed by atoms with Crippen LogP contribution in [0.4, 0.5) is 0 Å². The lowest BCUT2D eigenvalue weighted by molar-refractivity contribution is 0.120. The van der Waals surface area contributed by atoms with Gasteiger partial charge in [0, 0.05) is 62.7 Å². The lowest BCUT2D eigenvalue weighted by Crippen LogP contribution is -2.45. The van der Waals surface area contributed by atoms with E-state index in [2.05, 4.69) is 45.3 Å². The van der Waals surface area contributed by atoms with E-state index in [0.29, 0.717) is 0 Å². The maximum Gasteiger partial charge on any atom is 0.194 e.